The van der Waals surface area contributed by atoms with Crippen LogP contribution in [-0.4, -0.2) is 31.7 Å². The van der Waals surface area contributed by atoms with E-state index in [0.29, 0.717) is 28.8 Å². The SMILES string of the molecule is O=C1CSC(c2ccc([N+](=O)[O-])cc2)N1c1ccc2nc(Cc3ccc(O)cc3)c(=O)[nH]c2c1. The number of nitrogens with zero attached hydrogens (tertiary/aromatic N) is 3. The highest BCUT2D eigenvalue weighted by molar-refractivity contribution is 8.00. The van der Waals surface area contributed by atoms with Crippen molar-refractivity contribution >= 4 is 40.1 Å². The van der Waals surface area contributed by atoms with Crippen LogP contribution in [0.4, 0.5) is 11.4 Å². The van der Waals surface area contributed by atoms with Gasteiger partial charge in [0.2, 0.25) is 5.91 Å². The standard InChI is InChI=1S/C24H18N4O5S/c29-18-8-1-14(2-9-18)11-21-23(31)26-20-12-17(7-10-19(20)25-21)27-22(30)13-34-24(27)15-3-5-16(6-4-15)28(32)33/h1-10,12,24,29H,11,13H2,(H,26,31). The van der Waals surface area contributed by atoms with Gasteiger partial charge in [-0.2, -0.15) is 0 Å². The van der Waals surface area contributed by atoms with Gasteiger partial charge in [-0.15, -0.1) is 11.8 Å². The number of non-ortho nitro benzene ring substituents is 1. The first-order valence-corrected chi connectivity index (χ1v) is 11.4. The van der Waals surface area contributed by atoms with Crippen LogP contribution in [0.25, 0.3) is 11.0 Å². The van der Waals surface area contributed by atoms with Gasteiger partial charge in [-0.25, -0.2) is 4.98 Å². The van der Waals surface area contributed by atoms with Crippen molar-refractivity contribution in [2.45, 2.75) is 11.8 Å². The van der Waals surface area contributed by atoms with E-state index in [2.05, 4.69) is 9.97 Å². The maximum atomic E-state index is 12.7. The summed E-state index contributed by atoms with van der Waals surface area (Å²) >= 11 is 1.44. The maximum Gasteiger partial charge on any atom is 0.270 e. The van der Waals surface area contributed by atoms with Crippen molar-refractivity contribution in [3.8, 4) is 5.75 Å². The number of hydrogen-bond acceptors (Lipinski definition) is 7. The molecule has 1 unspecified atom stereocenters. The molecule has 10 heteroatoms. The molecule has 1 saturated heterocycles. The Bertz CT molecular complexity index is 1470. The van der Waals surface area contributed by atoms with E-state index in [1.54, 1.807) is 59.5 Å². The van der Waals surface area contributed by atoms with Crippen LogP contribution in [-0.2, 0) is 11.2 Å². The van der Waals surface area contributed by atoms with Crippen molar-refractivity contribution in [1.82, 2.24) is 9.97 Å². The van der Waals surface area contributed by atoms with Crippen molar-refractivity contribution in [1.29, 1.82) is 0 Å². The third-order valence-corrected chi connectivity index (χ3v) is 6.80. The Hall–Kier alpha value is -4.18. The first-order valence-electron chi connectivity index (χ1n) is 10.4. The molecule has 1 aliphatic rings. The van der Waals surface area contributed by atoms with Gasteiger partial charge in [0.15, 0.2) is 0 Å². The third-order valence-electron chi connectivity index (χ3n) is 5.59. The number of aromatic hydroxyl groups is 1. The summed E-state index contributed by atoms with van der Waals surface area (Å²) in [5, 5.41) is 20.1. The van der Waals surface area contributed by atoms with Gasteiger partial charge in [-0.3, -0.25) is 24.6 Å². The number of rotatable bonds is 5. The molecule has 5 rings (SSSR count). The Morgan fingerprint density at radius 3 is 2.53 bits per heavy atom. The molecular weight excluding hydrogens is 456 g/mol. The summed E-state index contributed by atoms with van der Waals surface area (Å²) in [6.45, 7) is 0. The number of carbonyl (C=O) groups is 1. The quantitative estimate of drug-likeness (QED) is 0.331. The molecule has 0 aliphatic carbocycles. The smallest absolute Gasteiger partial charge is 0.270 e. The lowest BCUT2D eigenvalue weighted by Crippen LogP contribution is -2.28. The van der Waals surface area contributed by atoms with Crippen molar-refractivity contribution in [3.63, 3.8) is 0 Å². The summed E-state index contributed by atoms with van der Waals surface area (Å²) in [6, 6.07) is 18.0. The fraction of sp³-hybridized carbons (Fsp3) is 0.125. The van der Waals surface area contributed by atoms with Gasteiger partial charge in [-0.05, 0) is 53.6 Å². The first kappa shape index (κ1) is 21.7. The number of fused-ring (bicyclic) bond motifs is 1. The topological polar surface area (TPSA) is 129 Å². The summed E-state index contributed by atoms with van der Waals surface area (Å²) < 4.78 is 0. The maximum absolute atomic E-state index is 12.7. The zero-order chi connectivity index (χ0) is 23.8. The highest BCUT2D eigenvalue weighted by Crippen LogP contribution is 2.42. The number of aromatic amines is 1. The summed E-state index contributed by atoms with van der Waals surface area (Å²) in [7, 11) is 0. The Morgan fingerprint density at radius 2 is 1.82 bits per heavy atom. The Morgan fingerprint density at radius 1 is 1.09 bits per heavy atom. The monoisotopic (exact) mass is 474 g/mol. The number of nitro groups is 1. The number of hydrogen-bond donors (Lipinski definition) is 2. The predicted octanol–water partition coefficient (Wildman–Crippen LogP) is 3.91. The Balaban J connectivity index is 1.46. The fourth-order valence-electron chi connectivity index (χ4n) is 3.90. The second-order valence-corrected chi connectivity index (χ2v) is 8.90. The van der Waals surface area contributed by atoms with Crippen molar-refractivity contribution < 1.29 is 14.8 Å². The van der Waals surface area contributed by atoms with Gasteiger partial charge in [0.1, 0.15) is 16.8 Å². The fourth-order valence-corrected chi connectivity index (χ4v) is 5.08. The second kappa shape index (κ2) is 8.64. The van der Waals surface area contributed by atoms with Crippen LogP contribution >= 0.6 is 11.8 Å². The predicted molar refractivity (Wildman–Crippen MR) is 129 cm³/mol. The molecule has 1 aromatic heterocycles. The van der Waals surface area contributed by atoms with E-state index in [1.165, 1.54) is 23.9 Å². The number of phenols is 1. The molecule has 1 amide bonds. The molecule has 9 nitrogen and oxygen atoms in total. The van der Waals surface area contributed by atoms with Crippen molar-refractivity contribution in [3.05, 3.63) is 104 Å². The third kappa shape index (κ3) is 4.11. The zero-order valence-corrected chi connectivity index (χ0v) is 18.5. The van der Waals surface area contributed by atoms with E-state index in [4.69, 9.17) is 0 Å². The minimum atomic E-state index is -0.461. The average molecular weight is 474 g/mol. The summed E-state index contributed by atoms with van der Waals surface area (Å²) in [4.78, 5) is 44.9. The number of phenolic OH excluding ortho intramolecular Hbond substituents is 1. The molecule has 2 N–H and O–H groups in total. The molecule has 0 radical (unpaired) electrons. The Kier molecular flexibility index (Phi) is 5.50. The second-order valence-electron chi connectivity index (χ2n) is 7.83. The number of H-pyrrole nitrogens is 1. The van der Waals surface area contributed by atoms with Gasteiger partial charge in [-0.1, -0.05) is 12.1 Å². The molecule has 3 aromatic carbocycles. The van der Waals surface area contributed by atoms with Gasteiger partial charge >= 0.3 is 0 Å². The van der Waals surface area contributed by atoms with Crippen molar-refractivity contribution in [2.24, 2.45) is 0 Å². The van der Waals surface area contributed by atoms with Crippen LogP contribution in [0.3, 0.4) is 0 Å². The number of aromatic nitrogens is 2. The van der Waals surface area contributed by atoms with E-state index >= 15 is 0 Å². The molecule has 0 saturated carbocycles. The molecular formula is C24H18N4O5S. The lowest BCUT2D eigenvalue weighted by atomic mass is 10.1. The van der Waals surface area contributed by atoms with E-state index in [9.17, 15) is 24.8 Å². The van der Waals surface area contributed by atoms with Crippen LogP contribution in [0, 0.1) is 10.1 Å². The summed E-state index contributed by atoms with van der Waals surface area (Å²) in [5.41, 5.74) is 3.33. The van der Waals surface area contributed by atoms with Crippen LogP contribution in [0.2, 0.25) is 0 Å². The van der Waals surface area contributed by atoms with E-state index in [-0.39, 0.29) is 34.0 Å². The molecule has 1 fully saturated rings. The van der Waals surface area contributed by atoms with E-state index < -0.39 is 4.92 Å². The van der Waals surface area contributed by atoms with Crippen molar-refractivity contribution in [2.75, 3.05) is 10.7 Å². The summed E-state index contributed by atoms with van der Waals surface area (Å²) in [5.74, 6) is 0.338. The molecule has 170 valence electrons. The van der Waals surface area contributed by atoms with Crippen LogP contribution in [0.1, 0.15) is 22.2 Å². The van der Waals surface area contributed by atoms with E-state index in [1.807, 2.05) is 0 Å². The number of nitrogens with one attached hydrogen (secondary N) is 1. The molecule has 4 aromatic rings. The number of carbonyl (C=O) groups excluding carboxylic acids is 1. The molecule has 1 atom stereocenters. The van der Waals surface area contributed by atoms with Gasteiger partial charge in [0.25, 0.3) is 11.2 Å². The number of benzene rings is 3. The number of amides is 1. The molecule has 0 spiro atoms. The van der Waals surface area contributed by atoms with Gasteiger partial charge in [0, 0.05) is 24.2 Å². The van der Waals surface area contributed by atoms with Gasteiger partial charge < -0.3 is 10.1 Å². The largest absolute Gasteiger partial charge is 0.508 e. The van der Waals surface area contributed by atoms with Crippen LogP contribution < -0.4 is 10.5 Å². The minimum absolute atomic E-state index is 0.0120. The lowest BCUT2D eigenvalue weighted by molar-refractivity contribution is -0.384. The Labute approximate surface area is 197 Å². The lowest BCUT2D eigenvalue weighted by Gasteiger charge is -2.24. The average Bonchev–Trinajstić information content (AvgIpc) is 3.22. The molecule has 1 aliphatic heterocycles. The summed E-state index contributed by atoms with van der Waals surface area (Å²) in [6.07, 6.45) is 0.316. The van der Waals surface area contributed by atoms with Gasteiger partial charge in [0.05, 0.1) is 21.7 Å². The zero-order valence-electron chi connectivity index (χ0n) is 17.7. The normalized spacial score (nSPS) is 15.7. The molecule has 34 heavy (non-hydrogen) atoms. The van der Waals surface area contributed by atoms with Crippen LogP contribution in [0.5, 0.6) is 5.75 Å². The number of anilines is 1. The number of nitro benzene ring substituents is 1. The molecule has 0 bridgehead atoms. The van der Waals surface area contributed by atoms with Crippen LogP contribution in [0.15, 0.2) is 71.5 Å². The first-order chi connectivity index (χ1) is 16.4. The highest BCUT2D eigenvalue weighted by atomic mass is 32.2. The highest BCUT2D eigenvalue weighted by Gasteiger charge is 2.34. The van der Waals surface area contributed by atoms with E-state index in [0.717, 1.165) is 11.1 Å². The molecule has 2 heterocycles. The minimum Gasteiger partial charge on any atom is -0.508 e. The number of thioether (sulfide) groups is 1.